The fraction of sp³-hybridized carbons (Fsp3) is 0.419. The van der Waals surface area contributed by atoms with Crippen LogP contribution in [0.3, 0.4) is 0 Å². The summed E-state index contributed by atoms with van der Waals surface area (Å²) in [5.74, 6) is -0.538. The number of nitrogens with two attached hydrogens (primary N) is 3. The van der Waals surface area contributed by atoms with Gasteiger partial charge in [-0.1, -0.05) is 27.7 Å². The predicted molar refractivity (Wildman–Crippen MR) is 263 cm³/mol. The Bertz CT molecular complexity index is 2260. The average Bonchev–Trinajstić information content (AvgIpc) is 4.02. The van der Waals surface area contributed by atoms with Gasteiger partial charge in [0, 0.05) is 18.3 Å². The number of aldehydes is 2. The molecule has 1 saturated carbocycles. The number of rotatable bonds is 7. The van der Waals surface area contributed by atoms with E-state index in [1.165, 1.54) is 34.4 Å². The zero-order chi connectivity index (χ0) is 50.4. The van der Waals surface area contributed by atoms with Crippen LogP contribution in [0.2, 0.25) is 0 Å². The Balaban J connectivity index is 0. The molecule has 5 aromatic heterocycles. The number of hydrogen-bond donors (Lipinski definition) is 7. The first-order chi connectivity index (χ1) is 30.5. The van der Waals surface area contributed by atoms with Crippen molar-refractivity contribution in [1.82, 2.24) is 9.97 Å². The summed E-state index contributed by atoms with van der Waals surface area (Å²) in [6.07, 6.45) is -6.06. The van der Waals surface area contributed by atoms with Crippen molar-refractivity contribution in [2.45, 2.75) is 119 Å². The van der Waals surface area contributed by atoms with Crippen LogP contribution in [0.4, 0.5) is 57.9 Å². The van der Waals surface area contributed by atoms with Crippen molar-refractivity contribution in [2.75, 3.05) is 21.7 Å². The van der Waals surface area contributed by atoms with E-state index in [9.17, 15) is 40.7 Å². The lowest BCUT2D eigenvalue weighted by Crippen LogP contribution is -2.43. The van der Waals surface area contributed by atoms with E-state index in [1.54, 1.807) is 28.7 Å². The van der Waals surface area contributed by atoms with Crippen LogP contribution in [0.25, 0.3) is 0 Å². The largest absolute Gasteiger partial charge is 0.477 e. The number of amides is 2. The van der Waals surface area contributed by atoms with E-state index in [0.717, 1.165) is 57.4 Å². The molecule has 68 heavy (non-hydrogen) atoms. The van der Waals surface area contributed by atoms with Crippen molar-refractivity contribution in [1.29, 1.82) is 0 Å². The summed E-state index contributed by atoms with van der Waals surface area (Å²) >= 11 is 5.87. The number of carbonyl (C=O) groups excluding carboxylic acids is 4. The second-order valence-corrected chi connectivity index (χ2v) is 18.6. The van der Waals surface area contributed by atoms with Gasteiger partial charge in [0.1, 0.15) is 21.9 Å². The van der Waals surface area contributed by atoms with E-state index < -0.39 is 48.5 Å². The van der Waals surface area contributed by atoms with Gasteiger partial charge in [0.05, 0.1) is 15.0 Å². The predicted octanol–water partition coefficient (Wildman–Crippen LogP) is 11.9. The Labute approximate surface area is 407 Å². The van der Waals surface area contributed by atoms with Gasteiger partial charge in [-0.3, -0.25) is 19.7 Å². The molecule has 0 aliphatic heterocycles. The van der Waals surface area contributed by atoms with Crippen LogP contribution >= 0.6 is 45.3 Å². The van der Waals surface area contributed by atoms with Crippen molar-refractivity contribution >= 4 is 103 Å². The quantitative estimate of drug-likeness (QED) is 0.0592. The van der Waals surface area contributed by atoms with Gasteiger partial charge < -0.3 is 37.7 Å². The van der Waals surface area contributed by atoms with Crippen molar-refractivity contribution in [3.05, 3.63) is 84.7 Å². The van der Waals surface area contributed by atoms with Crippen molar-refractivity contribution < 1.29 is 60.2 Å². The van der Waals surface area contributed by atoms with Gasteiger partial charge in [-0.2, -0.15) is 31.3 Å². The van der Waals surface area contributed by atoms with Crippen LogP contribution in [0, 0.1) is 27.7 Å². The number of carboxylic acid groups (broad SMARTS) is 1. The Morgan fingerprint density at radius 1 is 0.779 bits per heavy atom. The number of nitrogens with zero attached hydrogens (tertiary/aromatic N) is 2. The number of primary amides is 1. The molecule has 0 saturated heterocycles. The maximum absolute atomic E-state index is 11.6. The molecule has 1 aliphatic rings. The summed E-state index contributed by atoms with van der Waals surface area (Å²) in [4.78, 5) is 59.6. The number of nitrogens with one attached hydrogen (secondary N) is 3. The molecule has 1 fully saturated rings. The molecule has 1 aliphatic carbocycles. The summed E-state index contributed by atoms with van der Waals surface area (Å²) in [7, 11) is 0. The third-order valence-corrected chi connectivity index (χ3v) is 11.3. The van der Waals surface area contributed by atoms with Gasteiger partial charge in [-0.15, -0.1) is 45.3 Å². The van der Waals surface area contributed by atoms with E-state index in [-0.39, 0.29) is 32.5 Å². The van der Waals surface area contributed by atoms with Crippen LogP contribution in [0.15, 0.2) is 52.0 Å². The Morgan fingerprint density at radius 3 is 1.60 bits per heavy atom. The highest BCUT2D eigenvalue weighted by Gasteiger charge is 2.26. The van der Waals surface area contributed by atoms with Gasteiger partial charge >= 0.3 is 24.4 Å². The first-order valence-corrected chi connectivity index (χ1v) is 22.7. The monoisotopic (exact) mass is 1040 g/mol. The third kappa shape index (κ3) is 29.2. The second-order valence-electron chi connectivity index (χ2n) is 14.9. The summed E-state index contributed by atoms with van der Waals surface area (Å²) in [5.41, 5.74) is 21.4. The van der Waals surface area contributed by atoms with E-state index >= 15 is 0 Å². The van der Waals surface area contributed by atoms with Crippen LogP contribution < -0.4 is 33.2 Å². The Morgan fingerprint density at radius 2 is 1.25 bits per heavy atom. The van der Waals surface area contributed by atoms with Crippen molar-refractivity contribution in [2.24, 2.45) is 11.5 Å². The van der Waals surface area contributed by atoms with Gasteiger partial charge in [-0.05, 0) is 129 Å². The third-order valence-electron chi connectivity index (χ3n) is 7.47. The summed E-state index contributed by atoms with van der Waals surface area (Å²) < 4.78 is 67.6. The number of nitrogen functional groups attached to an aromatic ring is 1. The molecule has 0 spiro atoms. The first kappa shape index (κ1) is 64.5. The highest BCUT2D eigenvalue weighted by Crippen LogP contribution is 2.27. The topological polar surface area (TPSA) is 255 Å². The second kappa shape index (κ2) is 30.7. The normalized spacial score (nSPS) is 13.7. The molecule has 380 valence electrons. The number of alkyl halides is 6. The Kier molecular flexibility index (Phi) is 29.1. The van der Waals surface area contributed by atoms with E-state index in [0.29, 0.717) is 16.6 Å². The number of carbonyl (C=O) groups is 5. The molecule has 5 heterocycles. The molecular formula is C43H60F6N8O7S4. The maximum atomic E-state index is 11.6. The lowest BCUT2D eigenvalue weighted by atomic mass is 9.91. The van der Waals surface area contributed by atoms with E-state index in [4.69, 9.17) is 36.6 Å². The molecule has 0 unspecified atom stereocenters. The van der Waals surface area contributed by atoms with Gasteiger partial charge in [0.15, 0.2) is 0 Å². The molecule has 25 heteroatoms. The summed E-state index contributed by atoms with van der Waals surface area (Å²) in [6, 6.07) is 7.76. The summed E-state index contributed by atoms with van der Waals surface area (Å²) in [6.45, 7) is 13.4. The average molecular weight is 1040 g/mol. The summed E-state index contributed by atoms with van der Waals surface area (Å²) in [5, 5.41) is 28.0. The van der Waals surface area contributed by atoms with Gasteiger partial charge in [0.2, 0.25) is 18.5 Å². The molecular weight excluding hydrogens is 983 g/mol. The smallest absolute Gasteiger partial charge is 0.446 e. The minimum Gasteiger partial charge on any atom is -0.477 e. The zero-order valence-corrected chi connectivity index (χ0v) is 40.0. The van der Waals surface area contributed by atoms with Crippen LogP contribution in [0.5, 0.6) is 0 Å². The minimum atomic E-state index is -4.64. The molecule has 0 bridgehead atoms. The van der Waals surface area contributed by atoms with Gasteiger partial charge in [-0.25, -0.2) is 14.6 Å². The van der Waals surface area contributed by atoms with Crippen LogP contribution in [-0.4, -0.2) is 75.7 Å². The molecule has 0 radical (unpaired) electrons. The number of ether oxygens (including phenoxy) is 1. The number of aryl methyl sites for hydroxylation is 4. The molecule has 0 aromatic carbocycles. The maximum Gasteiger partial charge on any atom is 0.446 e. The SMILES string of the molecule is C.C.Cc1csc(C(=O)O)c1.Cc1csc(N)c1.Cc1csc(NC(=O)OC(C)(C)C)c1.Cc1csc(Nc2nc(N[C@@H]3CCCC[C@@H]3N)ncc2C(N)=O)c1.O=CC(F)(F)F.O=CC(F)(F)F. The number of aromatic carboxylic acids is 1. The van der Waals surface area contributed by atoms with Crippen LogP contribution in [0.1, 0.15) is 104 Å². The Hall–Kier alpha value is -5.63. The lowest BCUT2D eigenvalue weighted by molar-refractivity contribution is -0.156. The number of hydrogen-bond acceptors (Lipinski definition) is 16. The van der Waals surface area contributed by atoms with Crippen molar-refractivity contribution in [3.8, 4) is 0 Å². The highest BCUT2D eigenvalue weighted by atomic mass is 32.1. The first-order valence-electron chi connectivity index (χ1n) is 19.2. The molecule has 2 amide bonds. The molecule has 2 atom stereocenters. The van der Waals surface area contributed by atoms with Gasteiger partial charge in [0.25, 0.3) is 5.91 Å². The van der Waals surface area contributed by atoms with E-state index in [2.05, 4.69) is 25.9 Å². The van der Waals surface area contributed by atoms with Crippen molar-refractivity contribution in [3.63, 3.8) is 0 Å². The number of carboxylic acids is 1. The number of anilines is 5. The highest BCUT2D eigenvalue weighted by molar-refractivity contribution is 7.15. The number of thiophene rings is 4. The molecule has 15 nitrogen and oxygen atoms in total. The molecule has 5 aromatic rings. The zero-order valence-electron chi connectivity index (χ0n) is 36.8. The number of aromatic nitrogens is 2. The standard InChI is InChI=1S/C16H22N6OS.C10H15NO2S.C6H6O2S.C5H7NS.2C2HF3O.2CH4/c1-9-6-13(24-8-9)21-15-10(14(18)23)7-19-16(22-15)20-12-5-3-2-4-11(12)17;1-7-5-8(14-6-7)11-9(12)13-10(2,3)4;1-4-2-5(6(7)8)9-3-4;1-4-2-5(6)7-3-4;2*3-2(4,5)1-6;;/h6-8,11-12H,2-5,17H2,1H3,(H2,18,23)(H2,19,20,21,22);5-6H,1-4H3,(H,11,12);2-3H,1H3,(H,7,8);2-3H,6H2,1H3;2*1H;2*1H4/t11-,12+;;;;;;;/m0......./s1. The van der Waals surface area contributed by atoms with Crippen LogP contribution in [-0.2, 0) is 14.3 Å². The lowest BCUT2D eigenvalue weighted by Gasteiger charge is -2.29. The molecule has 10 N–H and O–H groups in total. The fourth-order valence-electron chi connectivity index (χ4n) is 4.74. The fourth-order valence-corrected chi connectivity index (χ4v) is 7.69. The molecule has 6 rings (SSSR count). The number of halogens is 6. The minimum absolute atomic E-state index is 0. The van der Waals surface area contributed by atoms with E-state index in [1.807, 2.05) is 88.2 Å².